The molecule has 15 heavy (non-hydrogen) atoms. The van der Waals surface area contributed by atoms with E-state index in [1.165, 1.54) is 0 Å². The summed E-state index contributed by atoms with van der Waals surface area (Å²) in [5, 5.41) is 0. The number of hydrogen-bond acceptors (Lipinski definition) is 2. The van der Waals surface area contributed by atoms with Crippen molar-refractivity contribution in [3.05, 3.63) is 0 Å². The van der Waals surface area contributed by atoms with Crippen LogP contribution in [0, 0.1) is 0 Å². The van der Waals surface area contributed by atoms with Gasteiger partial charge in [0.15, 0.2) is 0 Å². The largest absolute Gasteiger partial charge is 0.466 e. The number of hydrogen-bond donors (Lipinski definition) is 0. The Balaban J connectivity index is 3.32. The zero-order chi connectivity index (χ0) is 11.7. The monoisotopic (exact) mass is 250 g/mol. The molecule has 0 aliphatic rings. The van der Waals surface area contributed by atoms with Crippen LogP contribution >= 0.6 is 11.1 Å². The van der Waals surface area contributed by atoms with Crippen LogP contribution in [0.3, 0.4) is 0 Å². The van der Waals surface area contributed by atoms with Gasteiger partial charge in [-0.1, -0.05) is 32.9 Å². The topological polar surface area (TPSA) is 26.3 Å². The summed E-state index contributed by atoms with van der Waals surface area (Å²) in [4.78, 5) is 11.2. The van der Waals surface area contributed by atoms with Crippen molar-refractivity contribution in [3.8, 4) is 0 Å². The van der Waals surface area contributed by atoms with Crippen molar-refractivity contribution in [2.24, 2.45) is 0 Å². The molecule has 0 spiro atoms. The van der Waals surface area contributed by atoms with Crippen LogP contribution in [-0.4, -0.2) is 20.0 Å². The molecule has 0 unspecified atom stereocenters. The summed E-state index contributed by atoms with van der Waals surface area (Å²) in [7, 11) is -1.44. The van der Waals surface area contributed by atoms with E-state index in [1.54, 1.807) is 0 Å². The molecule has 0 aliphatic carbocycles. The molecule has 0 amide bonds. The summed E-state index contributed by atoms with van der Waals surface area (Å²) in [6.07, 6.45) is 4.54. The fourth-order valence-electron chi connectivity index (χ4n) is 1.22. The summed E-state index contributed by atoms with van der Waals surface area (Å²) in [6.45, 7) is 6.92. The van der Waals surface area contributed by atoms with Gasteiger partial charge < -0.3 is 4.74 Å². The lowest BCUT2D eigenvalue weighted by Gasteiger charge is -2.11. The number of rotatable bonds is 8. The second-order valence-corrected chi connectivity index (χ2v) is 11.5. The number of unbranched alkanes of at least 4 members (excludes halogenated alkanes) is 2. The Morgan fingerprint density at radius 3 is 2.47 bits per heavy atom. The second-order valence-electron chi connectivity index (χ2n) is 4.50. The van der Waals surface area contributed by atoms with E-state index < -0.39 is 7.38 Å². The lowest BCUT2D eigenvalue weighted by molar-refractivity contribution is -0.143. The minimum atomic E-state index is -1.44. The smallest absolute Gasteiger partial charge is 0.305 e. The summed E-state index contributed by atoms with van der Waals surface area (Å²) in [5.74, 6) is -0.0579. The predicted molar refractivity (Wildman–Crippen MR) is 67.9 cm³/mol. The van der Waals surface area contributed by atoms with Crippen molar-refractivity contribution in [3.63, 3.8) is 0 Å². The molecule has 90 valence electrons. The van der Waals surface area contributed by atoms with E-state index in [-0.39, 0.29) is 5.97 Å². The van der Waals surface area contributed by atoms with Gasteiger partial charge in [-0.3, -0.25) is 4.79 Å². The van der Waals surface area contributed by atoms with Crippen molar-refractivity contribution in [2.45, 2.75) is 58.2 Å². The average Bonchev–Trinajstić information content (AvgIpc) is 2.11. The van der Waals surface area contributed by atoms with Crippen LogP contribution in [0.15, 0.2) is 0 Å². The minimum absolute atomic E-state index is 0.0579. The highest BCUT2D eigenvalue weighted by Gasteiger charge is 2.16. The van der Waals surface area contributed by atoms with Crippen molar-refractivity contribution in [1.29, 1.82) is 0 Å². The van der Waals surface area contributed by atoms with E-state index >= 15 is 0 Å². The molecule has 4 heteroatoms. The fraction of sp³-hybridized carbons (Fsp3) is 0.909. The molecule has 0 aromatic carbocycles. The van der Waals surface area contributed by atoms with Crippen LogP contribution in [0.5, 0.6) is 0 Å². The zero-order valence-electron chi connectivity index (χ0n) is 10.1. The molecule has 0 saturated carbocycles. The van der Waals surface area contributed by atoms with Crippen LogP contribution in [0.25, 0.3) is 0 Å². The molecule has 0 fully saturated rings. The third-order valence-electron chi connectivity index (χ3n) is 2.16. The predicted octanol–water partition coefficient (Wildman–Crippen LogP) is 3.94. The molecule has 0 N–H and O–H groups in total. The van der Waals surface area contributed by atoms with Gasteiger partial charge in [-0.2, -0.15) is 11.1 Å². The maximum Gasteiger partial charge on any atom is 0.305 e. The standard InChI is InChI=1S/C11H23ClO2Si/c1-4-5-9-14-11(13)8-6-7-10-15(2,3)12/h4-10H2,1-3H3. The molecule has 0 heterocycles. The van der Waals surface area contributed by atoms with Crippen molar-refractivity contribution in [2.75, 3.05) is 6.61 Å². The summed E-state index contributed by atoms with van der Waals surface area (Å²) >= 11 is 6.17. The van der Waals surface area contributed by atoms with Crippen molar-refractivity contribution in [1.82, 2.24) is 0 Å². The van der Waals surface area contributed by atoms with Gasteiger partial charge in [0.05, 0.1) is 6.61 Å². The first-order valence-electron chi connectivity index (χ1n) is 5.80. The number of carbonyl (C=O) groups excluding carboxylic acids is 1. The number of esters is 1. The molecule has 0 aliphatic heterocycles. The molecule has 0 atom stereocenters. The van der Waals surface area contributed by atoms with Gasteiger partial charge in [0.1, 0.15) is 7.38 Å². The maximum atomic E-state index is 11.2. The molecule has 0 aromatic rings. The second kappa shape index (κ2) is 8.17. The summed E-state index contributed by atoms with van der Waals surface area (Å²) in [6, 6.07) is 1.08. The normalized spacial score (nSPS) is 11.5. The van der Waals surface area contributed by atoms with Crippen LogP contribution in [-0.2, 0) is 9.53 Å². The Labute approximate surface area is 99.1 Å². The number of ether oxygens (including phenoxy) is 1. The Morgan fingerprint density at radius 2 is 1.93 bits per heavy atom. The molecule has 0 bridgehead atoms. The SMILES string of the molecule is CCCCOC(=O)CCCC[Si](C)(C)Cl. The molecular weight excluding hydrogens is 228 g/mol. The first-order valence-corrected chi connectivity index (χ1v) is 10.0. The summed E-state index contributed by atoms with van der Waals surface area (Å²) < 4.78 is 5.05. The molecule has 0 radical (unpaired) electrons. The third-order valence-corrected chi connectivity index (χ3v) is 4.27. The van der Waals surface area contributed by atoms with Gasteiger partial charge in [0, 0.05) is 6.42 Å². The van der Waals surface area contributed by atoms with E-state index in [4.69, 9.17) is 15.8 Å². The first-order chi connectivity index (χ1) is 6.95. The van der Waals surface area contributed by atoms with Crippen LogP contribution < -0.4 is 0 Å². The fourth-order valence-corrected chi connectivity index (χ4v) is 2.71. The Hall–Kier alpha value is -0.0231. The van der Waals surface area contributed by atoms with Crippen molar-refractivity contribution < 1.29 is 9.53 Å². The average molecular weight is 251 g/mol. The van der Waals surface area contributed by atoms with E-state index in [0.29, 0.717) is 13.0 Å². The molecule has 0 aromatic heterocycles. The van der Waals surface area contributed by atoms with Gasteiger partial charge in [0.2, 0.25) is 0 Å². The first kappa shape index (κ1) is 15.0. The van der Waals surface area contributed by atoms with E-state index in [0.717, 1.165) is 31.7 Å². The Bertz CT molecular complexity index is 178. The van der Waals surface area contributed by atoms with Gasteiger partial charge in [-0.15, -0.1) is 0 Å². The summed E-state index contributed by atoms with van der Waals surface area (Å²) in [5.41, 5.74) is 0. The highest BCUT2D eigenvalue weighted by atomic mass is 35.6. The van der Waals surface area contributed by atoms with Crippen LogP contribution in [0.1, 0.15) is 39.0 Å². The van der Waals surface area contributed by atoms with Gasteiger partial charge >= 0.3 is 5.97 Å². The van der Waals surface area contributed by atoms with E-state index in [1.807, 2.05) is 0 Å². The number of halogens is 1. The van der Waals surface area contributed by atoms with Gasteiger partial charge in [-0.25, -0.2) is 0 Å². The third kappa shape index (κ3) is 11.9. The molecule has 0 saturated heterocycles. The molecule has 2 nitrogen and oxygen atoms in total. The van der Waals surface area contributed by atoms with Gasteiger partial charge in [0.25, 0.3) is 0 Å². The van der Waals surface area contributed by atoms with E-state index in [2.05, 4.69) is 20.0 Å². The quantitative estimate of drug-likeness (QED) is 0.282. The maximum absolute atomic E-state index is 11.2. The van der Waals surface area contributed by atoms with Crippen LogP contribution in [0.2, 0.25) is 19.1 Å². The Kier molecular flexibility index (Phi) is 8.15. The Morgan fingerprint density at radius 1 is 1.27 bits per heavy atom. The lowest BCUT2D eigenvalue weighted by atomic mass is 10.2. The highest BCUT2D eigenvalue weighted by molar-refractivity contribution is 7.19. The number of carbonyl (C=O) groups is 1. The minimum Gasteiger partial charge on any atom is -0.466 e. The molecule has 0 rings (SSSR count). The zero-order valence-corrected chi connectivity index (χ0v) is 11.9. The molecular formula is C11H23ClO2Si. The van der Waals surface area contributed by atoms with Crippen molar-refractivity contribution >= 4 is 24.4 Å². The van der Waals surface area contributed by atoms with Gasteiger partial charge in [-0.05, 0) is 18.9 Å². The lowest BCUT2D eigenvalue weighted by Crippen LogP contribution is -2.15. The highest BCUT2D eigenvalue weighted by Crippen LogP contribution is 2.18. The van der Waals surface area contributed by atoms with E-state index in [9.17, 15) is 4.79 Å². The van der Waals surface area contributed by atoms with Crippen LogP contribution in [0.4, 0.5) is 0 Å².